The van der Waals surface area contributed by atoms with Crippen molar-refractivity contribution >= 4 is 28.7 Å². The molecule has 0 saturated carbocycles. The summed E-state index contributed by atoms with van der Waals surface area (Å²) in [5, 5.41) is 15.6. The number of nitro benzene ring substituents is 1. The standard InChI is InChI=1S/C18H16N4O3/c23-18(10-7-14-12-19-17-4-2-1-3-16(14)17)21-20-11-13-5-8-15(9-6-13)22(24)25/h1-6,8-9,11-12,19H,7,10H2,(H,21,23)/b20-11-. The van der Waals surface area contributed by atoms with Crippen LogP contribution in [0.3, 0.4) is 0 Å². The van der Waals surface area contributed by atoms with Crippen LogP contribution in [0.15, 0.2) is 59.8 Å². The molecule has 0 unspecified atom stereocenters. The fourth-order valence-electron chi connectivity index (χ4n) is 2.50. The number of non-ortho nitro benzene ring substituents is 1. The molecule has 7 heteroatoms. The van der Waals surface area contributed by atoms with E-state index in [1.807, 2.05) is 30.5 Å². The molecule has 1 aromatic heterocycles. The van der Waals surface area contributed by atoms with Crippen molar-refractivity contribution in [2.24, 2.45) is 5.10 Å². The summed E-state index contributed by atoms with van der Waals surface area (Å²) in [5.41, 5.74) is 5.29. The van der Waals surface area contributed by atoms with E-state index in [-0.39, 0.29) is 11.6 Å². The first-order valence-electron chi connectivity index (χ1n) is 7.75. The largest absolute Gasteiger partial charge is 0.361 e. The van der Waals surface area contributed by atoms with Gasteiger partial charge in [0.15, 0.2) is 0 Å². The number of carbonyl (C=O) groups is 1. The second kappa shape index (κ2) is 7.39. The molecule has 2 N–H and O–H groups in total. The maximum absolute atomic E-state index is 11.9. The summed E-state index contributed by atoms with van der Waals surface area (Å²) >= 11 is 0. The molecule has 25 heavy (non-hydrogen) atoms. The molecule has 2 aromatic carbocycles. The van der Waals surface area contributed by atoms with Crippen LogP contribution in [0.1, 0.15) is 17.5 Å². The molecular formula is C18H16N4O3. The number of aryl methyl sites for hydroxylation is 1. The third-order valence-electron chi connectivity index (χ3n) is 3.80. The van der Waals surface area contributed by atoms with Crippen LogP contribution in [0.25, 0.3) is 10.9 Å². The number of hydrogen-bond donors (Lipinski definition) is 2. The lowest BCUT2D eigenvalue weighted by Crippen LogP contribution is -2.17. The maximum Gasteiger partial charge on any atom is 0.269 e. The van der Waals surface area contributed by atoms with Gasteiger partial charge in [0, 0.05) is 35.7 Å². The van der Waals surface area contributed by atoms with Gasteiger partial charge in [0.25, 0.3) is 5.69 Å². The lowest BCUT2D eigenvalue weighted by molar-refractivity contribution is -0.384. The molecule has 0 aliphatic rings. The second-order valence-electron chi connectivity index (χ2n) is 5.50. The summed E-state index contributed by atoms with van der Waals surface area (Å²) in [6.45, 7) is 0. The zero-order valence-corrected chi connectivity index (χ0v) is 13.3. The normalized spacial score (nSPS) is 11.0. The molecule has 0 saturated heterocycles. The van der Waals surface area contributed by atoms with Gasteiger partial charge in [0.05, 0.1) is 11.1 Å². The highest BCUT2D eigenvalue weighted by Crippen LogP contribution is 2.18. The number of H-pyrrole nitrogens is 1. The smallest absolute Gasteiger partial charge is 0.269 e. The predicted molar refractivity (Wildman–Crippen MR) is 95.5 cm³/mol. The number of hydrazone groups is 1. The Labute approximate surface area is 143 Å². The number of aromatic nitrogens is 1. The summed E-state index contributed by atoms with van der Waals surface area (Å²) < 4.78 is 0. The summed E-state index contributed by atoms with van der Waals surface area (Å²) in [6.07, 6.45) is 4.30. The molecule has 0 bridgehead atoms. The monoisotopic (exact) mass is 336 g/mol. The molecule has 1 amide bonds. The average Bonchev–Trinajstić information content (AvgIpc) is 3.03. The van der Waals surface area contributed by atoms with Gasteiger partial charge in [0.2, 0.25) is 5.91 Å². The van der Waals surface area contributed by atoms with Crippen LogP contribution in [0.4, 0.5) is 5.69 Å². The molecule has 0 atom stereocenters. The Bertz CT molecular complexity index is 929. The van der Waals surface area contributed by atoms with Crippen molar-refractivity contribution < 1.29 is 9.72 Å². The van der Waals surface area contributed by atoms with E-state index in [2.05, 4.69) is 15.5 Å². The number of aromatic amines is 1. The Kier molecular flexibility index (Phi) is 4.84. The Morgan fingerprint density at radius 1 is 1.20 bits per heavy atom. The highest BCUT2D eigenvalue weighted by Gasteiger charge is 2.06. The zero-order chi connectivity index (χ0) is 17.6. The van der Waals surface area contributed by atoms with Crippen molar-refractivity contribution in [3.63, 3.8) is 0 Å². The van der Waals surface area contributed by atoms with Crippen molar-refractivity contribution in [2.45, 2.75) is 12.8 Å². The minimum atomic E-state index is -0.465. The van der Waals surface area contributed by atoms with Crippen LogP contribution < -0.4 is 5.43 Å². The van der Waals surface area contributed by atoms with Gasteiger partial charge in [0.1, 0.15) is 0 Å². The molecule has 126 valence electrons. The Hall–Kier alpha value is -3.48. The molecular weight excluding hydrogens is 320 g/mol. The Morgan fingerprint density at radius 2 is 1.96 bits per heavy atom. The highest BCUT2D eigenvalue weighted by molar-refractivity contribution is 5.85. The van der Waals surface area contributed by atoms with E-state index in [9.17, 15) is 14.9 Å². The minimum absolute atomic E-state index is 0.0138. The van der Waals surface area contributed by atoms with Crippen molar-refractivity contribution in [2.75, 3.05) is 0 Å². The van der Waals surface area contributed by atoms with Crippen LogP contribution in [-0.4, -0.2) is 22.0 Å². The number of nitrogens with zero attached hydrogens (tertiary/aromatic N) is 2. The fraction of sp³-hybridized carbons (Fsp3) is 0.111. The zero-order valence-electron chi connectivity index (χ0n) is 13.3. The molecule has 0 aliphatic heterocycles. The van der Waals surface area contributed by atoms with Gasteiger partial charge in [-0.15, -0.1) is 0 Å². The van der Waals surface area contributed by atoms with E-state index >= 15 is 0 Å². The van der Waals surface area contributed by atoms with Crippen molar-refractivity contribution in [3.8, 4) is 0 Å². The first-order chi connectivity index (χ1) is 12.1. The Balaban J connectivity index is 1.51. The van der Waals surface area contributed by atoms with Gasteiger partial charge < -0.3 is 4.98 Å². The highest BCUT2D eigenvalue weighted by atomic mass is 16.6. The van der Waals surface area contributed by atoms with Gasteiger partial charge >= 0.3 is 0 Å². The average molecular weight is 336 g/mol. The van der Waals surface area contributed by atoms with E-state index in [0.29, 0.717) is 18.4 Å². The van der Waals surface area contributed by atoms with E-state index < -0.39 is 4.92 Å². The SMILES string of the molecule is O=C(CCc1c[nH]c2ccccc12)N/N=C\c1ccc([N+](=O)[O-])cc1. The van der Waals surface area contributed by atoms with E-state index in [4.69, 9.17) is 0 Å². The second-order valence-corrected chi connectivity index (χ2v) is 5.50. The number of nitro groups is 1. The summed E-state index contributed by atoms with van der Waals surface area (Å²) in [4.78, 5) is 25.2. The predicted octanol–water partition coefficient (Wildman–Crippen LogP) is 3.16. The van der Waals surface area contributed by atoms with Crippen molar-refractivity contribution in [1.82, 2.24) is 10.4 Å². The van der Waals surface area contributed by atoms with E-state index in [0.717, 1.165) is 16.5 Å². The van der Waals surface area contributed by atoms with Gasteiger partial charge in [-0.2, -0.15) is 5.10 Å². The lowest BCUT2D eigenvalue weighted by atomic mass is 10.1. The van der Waals surface area contributed by atoms with Crippen LogP contribution in [0.2, 0.25) is 0 Å². The summed E-state index contributed by atoms with van der Waals surface area (Å²) in [7, 11) is 0. The third-order valence-corrected chi connectivity index (χ3v) is 3.80. The number of nitrogens with one attached hydrogen (secondary N) is 2. The molecule has 3 rings (SSSR count). The van der Waals surface area contributed by atoms with Crippen LogP contribution >= 0.6 is 0 Å². The number of fused-ring (bicyclic) bond motifs is 1. The van der Waals surface area contributed by atoms with E-state index in [1.54, 1.807) is 12.1 Å². The number of hydrogen-bond acceptors (Lipinski definition) is 4. The number of para-hydroxylation sites is 1. The van der Waals surface area contributed by atoms with Gasteiger partial charge in [-0.1, -0.05) is 18.2 Å². The number of benzene rings is 2. The number of amides is 1. The molecule has 7 nitrogen and oxygen atoms in total. The van der Waals surface area contributed by atoms with Gasteiger partial charge in [-0.3, -0.25) is 14.9 Å². The quantitative estimate of drug-likeness (QED) is 0.411. The number of rotatable bonds is 6. The van der Waals surface area contributed by atoms with Crippen molar-refractivity contribution in [1.29, 1.82) is 0 Å². The molecule has 0 aliphatic carbocycles. The van der Waals surface area contributed by atoms with Crippen LogP contribution in [0, 0.1) is 10.1 Å². The first-order valence-corrected chi connectivity index (χ1v) is 7.75. The topological polar surface area (TPSA) is 100 Å². The molecule has 0 radical (unpaired) electrons. The van der Waals surface area contributed by atoms with Crippen LogP contribution in [-0.2, 0) is 11.2 Å². The van der Waals surface area contributed by atoms with E-state index in [1.165, 1.54) is 18.3 Å². The number of carbonyl (C=O) groups excluding carboxylic acids is 1. The van der Waals surface area contributed by atoms with Gasteiger partial charge in [-0.05, 0) is 35.7 Å². The van der Waals surface area contributed by atoms with Crippen molar-refractivity contribution in [3.05, 3.63) is 76.0 Å². The first kappa shape index (κ1) is 16.4. The summed E-state index contributed by atoms with van der Waals surface area (Å²) in [6, 6.07) is 13.9. The summed E-state index contributed by atoms with van der Waals surface area (Å²) in [5.74, 6) is -0.191. The molecule has 0 fully saturated rings. The maximum atomic E-state index is 11.9. The molecule has 3 aromatic rings. The fourth-order valence-corrected chi connectivity index (χ4v) is 2.50. The molecule has 1 heterocycles. The van der Waals surface area contributed by atoms with Gasteiger partial charge in [-0.25, -0.2) is 5.43 Å². The van der Waals surface area contributed by atoms with Crippen LogP contribution in [0.5, 0.6) is 0 Å². The minimum Gasteiger partial charge on any atom is -0.361 e. The Morgan fingerprint density at radius 3 is 2.72 bits per heavy atom. The molecule has 0 spiro atoms. The third kappa shape index (κ3) is 4.08. The lowest BCUT2D eigenvalue weighted by Gasteiger charge is -2.00.